The maximum absolute atomic E-state index is 6.05. The Balaban J connectivity index is 1.76. The predicted molar refractivity (Wildman–Crippen MR) is 89.1 cm³/mol. The van der Waals surface area contributed by atoms with E-state index in [4.69, 9.17) is 26.8 Å². The van der Waals surface area contributed by atoms with Crippen LogP contribution in [0.2, 0.25) is 5.02 Å². The van der Waals surface area contributed by atoms with Gasteiger partial charge >= 0.3 is 0 Å². The van der Waals surface area contributed by atoms with E-state index < -0.39 is 0 Å². The summed E-state index contributed by atoms with van der Waals surface area (Å²) >= 11 is 9.44. The summed E-state index contributed by atoms with van der Waals surface area (Å²) in [5.74, 6) is 1.51. The van der Waals surface area contributed by atoms with Crippen molar-refractivity contribution in [1.29, 1.82) is 0 Å². The summed E-state index contributed by atoms with van der Waals surface area (Å²) in [5, 5.41) is 0.604. The Morgan fingerprint density at radius 3 is 2.48 bits per heavy atom. The molecule has 0 bridgehead atoms. The van der Waals surface area contributed by atoms with Crippen molar-refractivity contribution in [3.05, 3.63) is 57.5 Å². The van der Waals surface area contributed by atoms with Gasteiger partial charge in [-0.2, -0.15) is 0 Å². The minimum absolute atomic E-state index is 0.473. The zero-order valence-corrected chi connectivity index (χ0v) is 13.9. The normalized spacial score (nSPS) is 10.4. The highest BCUT2D eigenvalue weighted by atomic mass is 79.9. The lowest BCUT2D eigenvalue weighted by atomic mass is 10.2. The molecule has 0 aliphatic rings. The molecule has 0 radical (unpaired) electrons. The van der Waals surface area contributed by atoms with E-state index >= 15 is 0 Å². The average Bonchev–Trinajstić information content (AvgIpc) is 2.50. The minimum atomic E-state index is 0.473. The van der Waals surface area contributed by atoms with Crippen LogP contribution >= 0.6 is 27.5 Å². The van der Waals surface area contributed by atoms with E-state index in [1.807, 2.05) is 36.4 Å². The molecule has 0 spiro atoms. The lowest BCUT2D eigenvalue weighted by Gasteiger charge is -2.11. The monoisotopic (exact) mass is 369 g/mol. The molecule has 0 saturated carbocycles. The molecule has 0 saturated heterocycles. The van der Waals surface area contributed by atoms with Crippen molar-refractivity contribution in [3.8, 4) is 11.5 Å². The standard InChI is InChI=1S/C16H17BrClNO2/c17-13-6-7-14(18)16(10-13)21-9-3-8-20-15-5-2-1-4-12(15)11-19/h1-2,4-7,10H,3,8-9,11,19H2. The Kier molecular flexibility index (Phi) is 6.36. The van der Waals surface area contributed by atoms with Gasteiger partial charge in [0.15, 0.2) is 0 Å². The third-order valence-electron chi connectivity index (χ3n) is 2.89. The van der Waals surface area contributed by atoms with Crippen LogP contribution in [0.25, 0.3) is 0 Å². The SMILES string of the molecule is NCc1ccccc1OCCCOc1cc(Br)ccc1Cl. The number of nitrogens with two attached hydrogens (primary N) is 1. The summed E-state index contributed by atoms with van der Waals surface area (Å²) in [6.07, 6.45) is 0.766. The lowest BCUT2D eigenvalue weighted by Crippen LogP contribution is -2.07. The first-order chi connectivity index (χ1) is 10.2. The van der Waals surface area contributed by atoms with Crippen LogP contribution in [0.5, 0.6) is 11.5 Å². The first-order valence-electron chi connectivity index (χ1n) is 6.69. The second-order valence-electron chi connectivity index (χ2n) is 4.44. The highest BCUT2D eigenvalue weighted by Crippen LogP contribution is 2.28. The third kappa shape index (κ3) is 4.92. The predicted octanol–water partition coefficient (Wildman–Crippen LogP) is 4.41. The molecule has 0 fully saturated rings. The average molecular weight is 371 g/mol. The van der Waals surface area contributed by atoms with E-state index in [0.717, 1.165) is 22.2 Å². The fourth-order valence-electron chi connectivity index (χ4n) is 1.82. The Morgan fingerprint density at radius 2 is 1.71 bits per heavy atom. The van der Waals surface area contributed by atoms with Gasteiger partial charge in [0.1, 0.15) is 11.5 Å². The molecule has 0 atom stereocenters. The molecule has 0 aliphatic heterocycles. The summed E-state index contributed by atoms with van der Waals surface area (Å²) in [4.78, 5) is 0. The van der Waals surface area contributed by atoms with E-state index in [1.165, 1.54) is 0 Å². The fourth-order valence-corrected chi connectivity index (χ4v) is 2.34. The Morgan fingerprint density at radius 1 is 1.00 bits per heavy atom. The van der Waals surface area contributed by atoms with Gasteiger partial charge in [-0.15, -0.1) is 0 Å². The molecule has 0 aromatic heterocycles. The molecule has 21 heavy (non-hydrogen) atoms. The second kappa shape index (κ2) is 8.27. The zero-order valence-electron chi connectivity index (χ0n) is 11.5. The molecule has 0 heterocycles. The van der Waals surface area contributed by atoms with Gasteiger partial charge in [-0.3, -0.25) is 0 Å². The van der Waals surface area contributed by atoms with Crippen LogP contribution in [0.15, 0.2) is 46.9 Å². The maximum Gasteiger partial charge on any atom is 0.139 e. The molecule has 2 N–H and O–H groups in total. The van der Waals surface area contributed by atoms with Crippen LogP contribution in [-0.2, 0) is 6.54 Å². The van der Waals surface area contributed by atoms with Gasteiger partial charge in [-0.05, 0) is 24.3 Å². The van der Waals surface area contributed by atoms with Gasteiger partial charge in [0.2, 0.25) is 0 Å². The molecule has 5 heteroatoms. The highest BCUT2D eigenvalue weighted by Gasteiger charge is 2.03. The van der Waals surface area contributed by atoms with Gasteiger partial charge < -0.3 is 15.2 Å². The zero-order chi connectivity index (χ0) is 15.1. The first kappa shape index (κ1) is 16.1. The summed E-state index contributed by atoms with van der Waals surface area (Å²) < 4.78 is 12.3. The van der Waals surface area contributed by atoms with E-state index in [1.54, 1.807) is 6.07 Å². The summed E-state index contributed by atoms with van der Waals surface area (Å²) in [7, 11) is 0. The van der Waals surface area contributed by atoms with E-state index in [-0.39, 0.29) is 0 Å². The molecule has 0 aliphatic carbocycles. The molecular weight excluding hydrogens is 354 g/mol. The summed E-state index contributed by atoms with van der Waals surface area (Å²) in [6, 6.07) is 13.3. The van der Waals surface area contributed by atoms with Crippen molar-refractivity contribution in [2.75, 3.05) is 13.2 Å². The largest absolute Gasteiger partial charge is 0.493 e. The van der Waals surface area contributed by atoms with Crippen molar-refractivity contribution in [3.63, 3.8) is 0 Å². The molecule has 2 aromatic rings. The first-order valence-corrected chi connectivity index (χ1v) is 7.86. The van der Waals surface area contributed by atoms with Crippen LogP contribution in [0, 0.1) is 0 Å². The Bertz CT molecular complexity index is 592. The maximum atomic E-state index is 6.05. The van der Waals surface area contributed by atoms with Crippen molar-refractivity contribution >= 4 is 27.5 Å². The summed E-state index contributed by atoms with van der Waals surface area (Å²) in [5.41, 5.74) is 6.67. The number of benzene rings is 2. The van der Waals surface area contributed by atoms with Crippen molar-refractivity contribution in [2.45, 2.75) is 13.0 Å². The number of hydrogen-bond donors (Lipinski definition) is 1. The molecular formula is C16H17BrClNO2. The number of ether oxygens (including phenoxy) is 2. The van der Waals surface area contributed by atoms with Gasteiger partial charge in [-0.1, -0.05) is 45.7 Å². The highest BCUT2D eigenvalue weighted by molar-refractivity contribution is 9.10. The smallest absolute Gasteiger partial charge is 0.139 e. The second-order valence-corrected chi connectivity index (χ2v) is 5.76. The Hall–Kier alpha value is -1.23. The van der Waals surface area contributed by atoms with Gasteiger partial charge in [0.25, 0.3) is 0 Å². The third-order valence-corrected chi connectivity index (χ3v) is 3.70. The van der Waals surface area contributed by atoms with Crippen LogP contribution < -0.4 is 15.2 Å². The van der Waals surface area contributed by atoms with Gasteiger partial charge in [0.05, 0.1) is 18.2 Å². The van der Waals surface area contributed by atoms with E-state index in [9.17, 15) is 0 Å². The van der Waals surface area contributed by atoms with Crippen LogP contribution in [0.3, 0.4) is 0 Å². The Labute approximate surface area is 138 Å². The van der Waals surface area contributed by atoms with Crippen LogP contribution in [0.1, 0.15) is 12.0 Å². The van der Waals surface area contributed by atoms with Crippen LogP contribution in [-0.4, -0.2) is 13.2 Å². The van der Waals surface area contributed by atoms with Gasteiger partial charge in [-0.25, -0.2) is 0 Å². The van der Waals surface area contributed by atoms with Crippen molar-refractivity contribution < 1.29 is 9.47 Å². The number of halogens is 2. The quantitative estimate of drug-likeness (QED) is 0.734. The number of hydrogen-bond acceptors (Lipinski definition) is 3. The molecule has 2 aromatic carbocycles. The molecule has 0 amide bonds. The fraction of sp³-hybridized carbons (Fsp3) is 0.250. The molecule has 3 nitrogen and oxygen atoms in total. The minimum Gasteiger partial charge on any atom is -0.493 e. The number of para-hydroxylation sites is 1. The van der Waals surface area contributed by atoms with E-state index in [2.05, 4.69) is 15.9 Å². The summed E-state index contributed by atoms with van der Waals surface area (Å²) in [6.45, 7) is 1.59. The topological polar surface area (TPSA) is 44.5 Å². The molecule has 0 unspecified atom stereocenters. The lowest BCUT2D eigenvalue weighted by molar-refractivity contribution is 0.246. The van der Waals surface area contributed by atoms with Crippen LogP contribution in [0.4, 0.5) is 0 Å². The van der Waals surface area contributed by atoms with Crippen molar-refractivity contribution in [1.82, 2.24) is 0 Å². The molecule has 112 valence electrons. The van der Waals surface area contributed by atoms with Gasteiger partial charge in [0, 0.05) is 23.0 Å². The number of rotatable bonds is 7. The van der Waals surface area contributed by atoms with E-state index in [0.29, 0.717) is 30.5 Å². The molecule has 2 rings (SSSR count). The van der Waals surface area contributed by atoms with Crippen molar-refractivity contribution in [2.24, 2.45) is 5.73 Å².